The maximum atomic E-state index is 12.9. The first-order valence-electron chi connectivity index (χ1n) is 9.60. The number of nitro benzene ring substituents is 1. The zero-order valence-electron chi connectivity index (χ0n) is 16.1. The quantitative estimate of drug-likeness (QED) is 0.538. The number of fused-ring (bicyclic) bond motifs is 1. The molecular weight excluding hydrogens is 410 g/mol. The van der Waals surface area contributed by atoms with Crippen LogP contribution in [0.5, 0.6) is 5.75 Å². The SMILES string of the molecule is O=C(C1COc2ccccc2C1)N1CCN(S(=O)(=O)c2ccc([N+](=O)[O-])cc2)CC1. The molecule has 2 heterocycles. The Labute approximate surface area is 174 Å². The average molecular weight is 431 g/mol. The Hall–Kier alpha value is -2.98. The van der Waals surface area contributed by atoms with Crippen molar-refractivity contribution in [1.82, 2.24) is 9.21 Å². The molecule has 158 valence electrons. The van der Waals surface area contributed by atoms with Crippen LogP contribution in [0.1, 0.15) is 5.56 Å². The summed E-state index contributed by atoms with van der Waals surface area (Å²) >= 11 is 0. The van der Waals surface area contributed by atoms with E-state index in [0.717, 1.165) is 11.3 Å². The summed E-state index contributed by atoms with van der Waals surface area (Å²) in [6.07, 6.45) is 0.607. The van der Waals surface area contributed by atoms with Gasteiger partial charge in [-0.1, -0.05) is 18.2 Å². The van der Waals surface area contributed by atoms with E-state index in [2.05, 4.69) is 0 Å². The number of hydrogen-bond donors (Lipinski definition) is 0. The number of non-ortho nitro benzene ring substituents is 1. The maximum Gasteiger partial charge on any atom is 0.269 e. The summed E-state index contributed by atoms with van der Waals surface area (Å²) < 4.78 is 32.6. The summed E-state index contributed by atoms with van der Waals surface area (Å²) in [5.41, 5.74) is 0.835. The van der Waals surface area contributed by atoms with Gasteiger partial charge < -0.3 is 9.64 Å². The zero-order valence-corrected chi connectivity index (χ0v) is 17.0. The Morgan fingerprint density at radius 1 is 1.03 bits per heavy atom. The predicted molar refractivity (Wildman–Crippen MR) is 108 cm³/mol. The molecule has 0 radical (unpaired) electrons. The summed E-state index contributed by atoms with van der Waals surface area (Å²) in [5, 5.41) is 10.8. The second-order valence-corrected chi connectivity index (χ2v) is 9.24. The van der Waals surface area contributed by atoms with Crippen molar-refractivity contribution in [2.75, 3.05) is 32.8 Å². The highest BCUT2D eigenvalue weighted by Gasteiger charge is 2.34. The van der Waals surface area contributed by atoms with Crippen molar-refractivity contribution < 1.29 is 22.9 Å². The van der Waals surface area contributed by atoms with Gasteiger partial charge in [0.15, 0.2) is 0 Å². The van der Waals surface area contributed by atoms with Crippen molar-refractivity contribution in [1.29, 1.82) is 0 Å². The standard InChI is InChI=1S/C20H21N3O6S/c24-20(16-13-15-3-1-2-4-19(15)29-14-16)21-9-11-22(12-10-21)30(27,28)18-7-5-17(6-8-18)23(25)26/h1-8,16H,9-14H2. The fourth-order valence-electron chi connectivity index (χ4n) is 3.78. The zero-order chi connectivity index (χ0) is 21.3. The van der Waals surface area contributed by atoms with Crippen LogP contribution in [0.15, 0.2) is 53.4 Å². The third-order valence-corrected chi connectivity index (χ3v) is 7.38. The van der Waals surface area contributed by atoms with Gasteiger partial charge in [0.1, 0.15) is 12.4 Å². The van der Waals surface area contributed by atoms with E-state index >= 15 is 0 Å². The fraction of sp³-hybridized carbons (Fsp3) is 0.350. The number of nitrogens with zero attached hydrogens (tertiary/aromatic N) is 3. The lowest BCUT2D eigenvalue weighted by Crippen LogP contribution is -2.52. The number of carbonyl (C=O) groups excluding carboxylic acids is 1. The second-order valence-electron chi connectivity index (χ2n) is 7.30. The van der Waals surface area contributed by atoms with Gasteiger partial charge in [-0.05, 0) is 30.2 Å². The van der Waals surface area contributed by atoms with Gasteiger partial charge in [-0.25, -0.2) is 8.42 Å². The number of amides is 1. The Morgan fingerprint density at radius 2 is 1.70 bits per heavy atom. The molecule has 1 amide bonds. The molecule has 0 N–H and O–H groups in total. The van der Waals surface area contributed by atoms with Gasteiger partial charge in [-0.2, -0.15) is 4.31 Å². The van der Waals surface area contributed by atoms with E-state index in [9.17, 15) is 23.3 Å². The van der Waals surface area contributed by atoms with Crippen LogP contribution < -0.4 is 4.74 Å². The van der Waals surface area contributed by atoms with Crippen molar-refractivity contribution in [3.05, 3.63) is 64.2 Å². The number of carbonyl (C=O) groups is 1. The largest absolute Gasteiger partial charge is 0.492 e. The number of ether oxygens (including phenoxy) is 1. The lowest BCUT2D eigenvalue weighted by Gasteiger charge is -2.36. The van der Waals surface area contributed by atoms with Crippen LogP contribution in [0.25, 0.3) is 0 Å². The number of hydrogen-bond acceptors (Lipinski definition) is 6. The van der Waals surface area contributed by atoms with E-state index in [1.165, 1.54) is 28.6 Å². The molecule has 0 aliphatic carbocycles. The molecule has 4 rings (SSSR count). The van der Waals surface area contributed by atoms with Gasteiger partial charge in [0.2, 0.25) is 15.9 Å². The van der Waals surface area contributed by atoms with Crippen LogP contribution in [0.4, 0.5) is 5.69 Å². The molecule has 9 nitrogen and oxygen atoms in total. The average Bonchev–Trinajstić information content (AvgIpc) is 2.78. The summed E-state index contributed by atoms with van der Waals surface area (Å²) in [7, 11) is -3.77. The Bertz CT molecular complexity index is 1060. The topological polar surface area (TPSA) is 110 Å². The lowest BCUT2D eigenvalue weighted by atomic mass is 9.95. The molecule has 1 saturated heterocycles. The Balaban J connectivity index is 1.38. The van der Waals surface area contributed by atoms with Crippen LogP contribution in [-0.4, -0.2) is 61.2 Å². The normalized spacial score (nSPS) is 19.6. The third kappa shape index (κ3) is 3.88. The first kappa shape index (κ1) is 20.3. The van der Waals surface area contributed by atoms with E-state index < -0.39 is 14.9 Å². The van der Waals surface area contributed by atoms with Gasteiger partial charge in [0, 0.05) is 38.3 Å². The molecule has 1 unspecified atom stereocenters. The predicted octanol–water partition coefficient (Wildman–Crippen LogP) is 1.68. The minimum atomic E-state index is -3.77. The Kier molecular flexibility index (Phi) is 5.44. The van der Waals surface area contributed by atoms with Gasteiger partial charge in [-0.3, -0.25) is 14.9 Å². The molecule has 1 atom stereocenters. The summed E-state index contributed by atoms with van der Waals surface area (Å²) in [5.74, 6) is 0.496. The van der Waals surface area contributed by atoms with E-state index in [4.69, 9.17) is 4.74 Å². The van der Waals surface area contributed by atoms with Gasteiger partial charge in [0.05, 0.1) is 15.7 Å². The van der Waals surface area contributed by atoms with E-state index in [-0.39, 0.29) is 35.5 Å². The molecule has 0 bridgehead atoms. The van der Waals surface area contributed by atoms with Crippen molar-refractivity contribution >= 4 is 21.6 Å². The first-order chi connectivity index (χ1) is 14.4. The van der Waals surface area contributed by atoms with Crippen LogP contribution in [0.3, 0.4) is 0 Å². The Morgan fingerprint density at radius 3 is 2.37 bits per heavy atom. The molecule has 0 spiro atoms. The van der Waals surface area contributed by atoms with Crippen molar-refractivity contribution in [2.24, 2.45) is 5.92 Å². The molecule has 2 aromatic rings. The number of sulfonamides is 1. The van der Waals surface area contributed by atoms with Gasteiger partial charge in [0.25, 0.3) is 5.69 Å². The maximum absolute atomic E-state index is 12.9. The molecule has 0 saturated carbocycles. The van der Waals surface area contributed by atoms with E-state index in [1.54, 1.807) is 4.90 Å². The summed E-state index contributed by atoms with van der Waals surface area (Å²) in [6.45, 7) is 1.26. The van der Waals surface area contributed by atoms with Crippen LogP contribution in [-0.2, 0) is 21.2 Å². The summed E-state index contributed by atoms with van der Waals surface area (Å²) in [6, 6.07) is 12.5. The molecular formula is C20H21N3O6S. The summed E-state index contributed by atoms with van der Waals surface area (Å²) in [4.78, 5) is 24.8. The molecule has 2 aliphatic heterocycles. The first-order valence-corrected chi connectivity index (χ1v) is 11.0. The number of piperazine rings is 1. The number of nitro groups is 1. The number of rotatable bonds is 4. The van der Waals surface area contributed by atoms with Crippen LogP contribution >= 0.6 is 0 Å². The third-order valence-electron chi connectivity index (χ3n) is 5.46. The van der Waals surface area contributed by atoms with E-state index in [0.29, 0.717) is 26.1 Å². The van der Waals surface area contributed by atoms with Crippen LogP contribution in [0, 0.1) is 16.0 Å². The van der Waals surface area contributed by atoms with Crippen molar-refractivity contribution in [3.8, 4) is 5.75 Å². The fourth-order valence-corrected chi connectivity index (χ4v) is 5.20. The highest BCUT2D eigenvalue weighted by Crippen LogP contribution is 2.28. The second kappa shape index (κ2) is 8.04. The minimum Gasteiger partial charge on any atom is -0.492 e. The highest BCUT2D eigenvalue weighted by molar-refractivity contribution is 7.89. The molecule has 1 fully saturated rings. The van der Waals surface area contributed by atoms with Crippen molar-refractivity contribution in [2.45, 2.75) is 11.3 Å². The highest BCUT2D eigenvalue weighted by atomic mass is 32.2. The minimum absolute atomic E-state index is 0.00478. The van der Waals surface area contributed by atoms with Crippen LogP contribution in [0.2, 0.25) is 0 Å². The molecule has 2 aromatic carbocycles. The monoisotopic (exact) mass is 431 g/mol. The molecule has 0 aromatic heterocycles. The lowest BCUT2D eigenvalue weighted by molar-refractivity contribution is -0.384. The molecule has 10 heteroatoms. The van der Waals surface area contributed by atoms with Crippen molar-refractivity contribution in [3.63, 3.8) is 0 Å². The molecule has 30 heavy (non-hydrogen) atoms. The van der Waals surface area contributed by atoms with Gasteiger partial charge in [-0.15, -0.1) is 0 Å². The van der Waals surface area contributed by atoms with E-state index in [1.807, 2.05) is 24.3 Å². The smallest absolute Gasteiger partial charge is 0.269 e. The van der Waals surface area contributed by atoms with Gasteiger partial charge >= 0.3 is 0 Å². The number of benzene rings is 2. The molecule has 2 aliphatic rings. The number of para-hydroxylation sites is 1.